The summed E-state index contributed by atoms with van der Waals surface area (Å²) in [5, 5.41) is 1.86. The van der Waals surface area contributed by atoms with E-state index >= 15 is 0 Å². The highest BCUT2D eigenvalue weighted by Gasteiger charge is 2.16. The monoisotopic (exact) mass is 339 g/mol. The van der Waals surface area contributed by atoms with E-state index in [2.05, 4.69) is 27.9 Å². The highest BCUT2D eigenvalue weighted by molar-refractivity contribution is 7.84. The normalized spacial score (nSPS) is 16.0. The van der Waals surface area contributed by atoms with E-state index in [1.165, 1.54) is 24.1 Å². The van der Waals surface area contributed by atoms with E-state index in [9.17, 15) is 4.21 Å². The van der Waals surface area contributed by atoms with Crippen molar-refractivity contribution in [3.05, 3.63) is 53.9 Å². The van der Waals surface area contributed by atoms with Crippen LogP contribution in [0, 0.1) is 6.92 Å². The minimum Gasteiger partial charge on any atom is -0.371 e. The summed E-state index contributed by atoms with van der Waals surface area (Å²) in [5.74, 6) is 0.438. The molecule has 3 aromatic rings. The Hall–Kier alpha value is -2.14. The van der Waals surface area contributed by atoms with Crippen LogP contribution in [0.3, 0.4) is 0 Å². The number of benzene rings is 1. The molecular weight excluding hydrogens is 318 g/mol. The zero-order valence-electron chi connectivity index (χ0n) is 13.8. The van der Waals surface area contributed by atoms with Crippen LogP contribution in [-0.2, 0) is 16.6 Å². The summed E-state index contributed by atoms with van der Waals surface area (Å²) in [6.07, 6.45) is 4.40. The summed E-state index contributed by atoms with van der Waals surface area (Å²) in [6.45, 7) is 4.31. The van der Waals surface area contributed by atoms with Crippen LogP contribution in [0.5, 0.6) is 0 Å². The van der Waals surface area contributed by atoms with E-state index < -0.39 is 10.8 Å². The van der Waals surface area contributed by atoms with Crippen LogP contribution in [0.1, 0.15) is 24.1 Å². The lowest BCUT2D eigenvalue weighted by Crippen LogP contribution is -2.19. The minimum absolute atomic E-state index is 0.438. The number of anilines is 1. The first-order chi connectivity index (χ1) is 11.7. The summed E-state index contributed by atoms with van der Waals surface area (Å²) in [5.41, 5.74) is 4.35. The molecule has 5 heteroatoms. The summed E-state index contributed by atoms with van der Waals surface area (Å²) in [4.78, 5) is 10.2. The molecule has 0 saturated carbocycles. The Morgan fingerprint density at radius 2 is 2.00 bits per heavy atom. The van der Waals surface area contributed by atoms with Gasteiger partial charge in [-0.2, -0.15) is 0 Å². The SMILES string of the molecule is Cc1cnc(CS(=O)c2cc3ccccc3[nH]2)cc1N1CCCC1. The van der Waals surface area contributed by atoms with Crippen LogP contribution in [0.15, 0.2) is 47.6 Å². The van der Waals surface area contributed by atoms with Gasteiger partial charge in [-0.25, -0.2) is 0 Å². The second kappa shape index (κ2) is 6.40. The lowest BCUT2D eigenvalue weighted by Gasteiger charge is -2.20. The van der Waals surface area contributed by atoms with Gasteiger partial charge in [-0.15, -0.1) is 0 Å². The maximum atomic E-state index is 12.7. The van der Waals surface area contributed by atoms with Crippen LogP contribution in [0.25, 0.3) is 10.9 Å². The van der Waals surface area contributed by atoms with Gasteiger partial charge in [-0.1, -0.05) is 18.2 Å². The van der Waals surface area contributed by atoms with Gasteiger partial charge in [-0.05, 0) is 43.5 Å². The Bertz CT molecular complexity index is 864. The second-order valence-electron chi connectivity index (χ2n) is 6.37. The number of H-pyrrole nitrogens is 1. The molecule has 4 nitrogen and oxygen atoms in total. The Morgan fingerprint density at radius 3 is 2.79 bits per heavy atom. The van der Waals surface area contributed by atoms with Gasteiger partial charge in [-0.3, -0.25) is 9.19 Å². The first kappa shape index (κ1) is 15.4. The molecule has 1 atom stereocenters. The summed E-state index contributed by atoms with van der Waals surface area (Å²) in [7, 11) is -1.12. The molecule has 0 radical (unpaired) electrons. The van der Waals surface area contributed by atoms with Gasteiger partial charge < -0.3 is 9.88 Å². The lowest BCUT2D eigenvalue weighted by atomic mass is 10.2. The molecule has 1 aliphatic heterocycles. The number of aromatic nitrogens is 2. The highest BCUT2D eigenvalue weighted by atomic mass is 32.2. The van der Waals surface area contributed by atoms with Crippen molar-refractivity contribution in [3.8, 4) is 0 Å². The standard InChI is InChI=1S/C19H21N3OS/c1-14-12-20-16(11-18(14)22-8-4-5-9-22)13-24(23)19-10-15-6-2-3-7-17(15)21-19/h2-3,6-7,10-12,21H,4-5,8-9,13H2,1H3. The van der Waals surface area contributed by atoms with Gasteiger partial charge in [0.15, 0.2) is 0 Å². The summed E-state index contributed by atoms with van der Waals surface area (Å²) >= 11 is 0. The van der Waals surface area contributed by atoms with Crippen LogP contribution < -0.4 is 4.90 Å². The molecule has 0 amide bonds. The number of nitrogens with one attached hydrogen (secondary N) is 1. The Kier molecular flexibility index (Phi) is 4.10. The smallest absolute Gasteiger partial charge is 0.105 e. The number of nitrogens with zero attached hydrogens (tertiary/aromatic N) is 2. The zero-order chi connectivity index (χ0) is 16.5. The van der Waals surface area contributed by atoms with Gasteiger partial charge in [0.25, 0.3) is 0 Å². The molecule has 4 rings (SSSR count). The first-order valence-corrected chi connectivity index (χ1v) is 9.69. The number of para-hydroxylation sites is 1. The highest BCUT2D eigenvalue weighted by Crippen LogP contribution is 2.25. The van der Waals surface area contributed by atoms with Crippen molar-refractivity contribution >= 4 is 27.4 Å². The number of aromatic amines is 1. The quantitative estimate of drug-likeness (QED) is 0.787. The predicted molar refractivity (Wildman–Crippen MR) is 98.8 cm³/mol. The maximum Gasteiger partial charge on any atom is 0.105 e. The lowest BCUT2D eigenvalue weighted by molar-refractivity contribution is 0.680. The van der Waals surface area contributed by atoms with E-state index in [4.69, 9.17) is 0 Å². The van der Waals surface area contributed by atoms with Gasteiger partial charge in [0.05, 0.1) is 22.2 Å². The average Bonchev–Trinajstić information content (AvgIpc) is 3.25. The van der Waals surface area contributed by atoms with Crippen LogP contribution in [-0.4, -0.2) is 27.3 Å². The van der Waals surface area contributed by atoms with E-state index in [0.29, 0.717) is 5.75 Å². The van der Waals surface area contributed by atoms with Gasteiger partial charge in [0, 0.05) is 35.9 Å². The largest absolute Gasteiger partial charge is 0.371 e. The zero-order valence-corrected chi connectivity index (χ0v) is 14.6. The van der Waals surface area contributed by atoms with Gasteiger partial charge >= 0.3 is 0 Å². The van der Waals surface area contributed by atoms with Crippen molar-refractivity contribution in [1.29, 1.82) is 0 Å². The third kappa shape index (κ3) is 2.96. The molecule has 2 aromatic heterocycles. The Morgan fingerprint density at radius 1 is 1.21 bits per heavy atom. The molecule has 24 heavy (non-hydrogen) atoms. The number of hydrogen-bond donors (Lipinski definition) is 1. The van der Waals surface area contributed by atoms with Crippen molar-refractivity contribution < 1.29 is 4.21 Å². The third-order valence-corrected chi connectivity index (χ3v) is 5.88. The molecule has 1 unspecified atom stereocenters. The molecule has 1 N–H and O–H groups in total. The topological polar surface area (TPSA) is 49.0 Å². The molecule has 1 saturated heterocycles. The predicted octanol–water partition coefficient (Wildman–Crippen LogP) is 3.78. The molecule has 1 aliphatic rings. The molecule has 1 fully saturated rings. The summed E-state index contributed by atoms with van der Waals surface area (Å²) < 4.78 is 12.7. The van der Waals surface area contributed by atoms with E-state index in [-0.39, 0.29) is 0 Å². The van der Waals surface area contributed by atoms with Gasteiger partial charge in [0.2, 0.25) is 0 Å². The molecule has 124 valence electrons. The number of fused-ring (bicyclic) bond motifs is 1. The van der Waals surface area contributed by atoms with Crippen LogP contribution in [0.2, 0.25) is 0 Å². The number of hydrogen-bond acceptors (Lipinski definition) is 3. The van der Waals surface area contributed by atoms with E-state index in [0.717, 1.165) is 34.7 Å². The Balaban J connectivity index is 1.58. The number of aryl methyl sites for hydroxylation is 1. The van der Waals surface area contributed by atoms with Crippen molar-refractivity contribution in [2.75, 3.05) is 18.0 Å². The molecular formula is C19H21N3OS. The number of pyridine rings is 1. The molecule has 0 bridgehead atoms. The molecule has 3 heterocycles. The van der Waals surface area contributed by atoms with Crippen molar-refractivity contribution in [2.45, 2.75) is 30.5 Å². The third-order valence-electron chi connectivity index (χ3n) is 4.61. The molecule has 0 aliphatic carbocycles. The second-order valence-corrected chi connectivity index (χ2v) is 7.79. The van der Waals surface area contributed by atoms with Crippen LogP contribution >= 0.6 is 0 Å². The van der Waals surface area contributed by atoms with Gasteiger partial charge in [0.1, 0.15) is 5.03 Å². The Labute approximate surface area is 144 Å². The van der Waals surface area contributed by atoms with E-state index in [1.54, 1.807) is 0 Å². The number of rotatable bonds is 4. The first-order valence-electron chi connectivity index (χ1n) is 8.37. The van der Waals surface area contributed by atoms with Crippen molar-refractivity contribution in [3.63, 3.8) is 0 Å². The van der Waals surface area contributed by atoms with Crippen molar-refractivity contribution in [2.24, 2.45) is 0 Å². The fourth-order valence-corrected chi connectivity index (χ4v) is 4.38. The average molecular weight is 339 g/mol. The van der Waals surface area contributed by atoms with Crippen LogP contribution in [0.4, 0.5) is 5.69 Å². The fraction of sp³-hybridized carbons (Fsp3) is 0.316. The minimum atomic E-state index is -1.12. The van der Waals surface area contributed by atoms with E-state index in [1.807, 2.05) is 36.5 Å². The van der Waals surface area contributed by atoms with Crippen molar-refractivity contribution in [1.82, 2.24) is 9.97 Å². The molecule has 1 aromatic carbocycles. The summed E-state index contributed by atoms with van der Waals surface area (Å²) in [6, 6.07) is 12.1. The fourth-order valence-electron chi connectivity index (χ4n) is 3.31. The molecule has 0 spiro atoms. The maximum absolute atomic E-state index is 12.7.